The van der Waals surface area contributed by atoms with Crippen LogP contribution in [0.15, 0.2) is 47.4 Å². The quantitative estimate of drug-likeness (QED) is 0.633. The van der Waals surface area contributed by atoms with Crippen molar-refractivity contribution in [2.75, 3.05) is 0 Å². The van der Waals surface area contributed by atoms with E-state index in [9.17, 15) is 4.79 Å². The highest BCUT2D eigenvalue weighted by Gasteiger charge is 2.46. The van der Waals surface area contributed by atoms with E-state index in [0.29, 0.717) is 0 Å². The molecular formula is C17H18N2OS. The molecule has 2 atom stereocenters. The molecule has 0 bridgehead atoms. The summed E-state index contributed by atoms with van der Waals surface area (Å²) in [6.45, 7) is 5.99. The SMILES string of the molecule is C/C=C1/C(=O)N([C@H](C)c2ccccc2)[C@@H]1c1nc(C)cs1. The number of hydrogen-bond donors (Lipinski definition) is 0. The first-order chi connectivity index (χ1) is 10.1. The molecule has 0 radical (unpaired) electrons. The molecule has 1 aromatic heterocycles. The van der Waals surface area contributed by atoms with Crippen LogP contribution >= 0.6 is 11.3 Å². The van der Waals surface area contributed by atoms with Crippen molar-refractivity contribution in [1.29, 1.82) is 0 Å². The molecule has 0 N–H and O–H groups in total. The van der Waals surface area contributed by atoms with Gasteiger partial charge in [0.25, 0.3) is 5.91 Å². The Morgan fingerprint density at radius 3 is 2.62 bits per heavy atom. The summed E-state index contributed by atoms with van der Waals surface area (Å²) >= 11 is 1.63. The fourth-order valence-electron chi connectivity index (χ4n) is 2.79. The summed E-state index contributed by atoms with van der Waals surface area (Å²) in [4.78, 5) is 18.9. The van der Waals surface area contributed by atoms with Crippen molar-refractivity contribution in [2.24, 2.45) is 0 Å². The van der Waals surface area contributed by atoms with E-state index in [-0.39, 0.29) is 18.0 Å². The molecule has 1 aliphatic heterocycles. The number of carbonyl (C=O) groups is 1. The summed E-state index contributed by atoms with van der Waals surface area (Å²) in [5.74, 6) is 0.117. The lowest BCUT2D eigenvalue weighted by molar-refractivity contribution is -0.140. The fraction of sp³-hybridized carbons (Fsp3) is 0.294. The standard InChI is InChI=1S/C17H18N2OS/c1-4-14-15(16-18-11(2)10-21-16)19(17(14)20)12(3)13-8-6-5-7-9-13/h4-10,12,15H,1-3H3/b14-4+/t12-,15+/m1/s1. The van der Waals surface area contributed by atoms with Gasteiger partial charge >= 0.3 is 0 Å². The summed E-state index contributed by atoms with van der Waals surface area (Å²) in [5, 5.41) is 3.04. The topological polar surface area (TPSA) is 33.2 Å². The minimum Gasteiger partial charge on any atom is -0.318 e. The van der Waals surface area contributed by atoms with Crippen molar-refractivity contribution in [1.82, 2.24) is 9.88 Å². The predicted molar refractivity (Wildman–Crippen MR) is 85.1 cm³/mol. The number of carbonyl (C=O) groups excluding carboxylic acids is 1. The second-order valence-electron chi connectivity index (χ2n) is 5.27. The molecule has 1 aromatic carbocycles. The normalized spacial score (nSPS) is 21.5. The molecule has 0 aliphatic carbocycles. The minimum atomic E-state index is -0.00333. The first-order valence-corrected chi connectivity index (χ1v) is 7.97. The van der Waals surface area contributed by atoms with Crippen LogP contribution in [0, 0.1) is 6.92 Å². The smallest absolute Gasteiger partial charge is 0.253 e. The van der Waals surface area contributed by atoms with Crippen molar-refractivity contribution in [3.05, 3.63) is 63.6 Å². The first kappa shape index (κ1) is 14.0. The highest BCUT2D eigenvalue weighted by atomic mass is 32.1. The van der Waals surface area contributed by atoms with Gasteiger partial charge in [-0.25, -0.2) is 4.98 Å². The Bertz CT molecular complexity index is 690. The van der Waals surface area contributed by atoms with Crippen molar-refractivity contribution in [3.63, 3.8) is 0 Å². The lowest BCUT2D eigenvalue weighted by Crippen LogP contribution is -2.50. The maximum Gasteiger partial charge on any atom is 0.253 e. The van der Waals surface area contributed by atoms with Crippen LogP contribution in [0.5, 0.6) is 0 Å². The molecule has 4 heteroatoms. The molecule has 3 nitrogen and oxygen atoms in total. The second-order valence-corrected chi connectivity index (χ2v) is 6.16. The van der Waals surface area contributed by atoms with E-state index in [1.165, 1.54) is 0 Å². The molecule has 2 aromatic rings. The van der Waals surface area contributed by atoms with Gasteiger partial charge in [0, 0.05) is 16.6 Å². The van der Waals surface area contributed by atoms with Crippen molar-refractivity contribution < 1.29 is 4.79 Å². The maximum atomic E-state index is 12.4. The molecule has 1 aliphatic rings. The highest BCUT2D eigenvalue weighted by molar-refractivity contribution is 7.09. The number of benzene rings is 1. The van der Waals surface area contributed by atoms with Crippen LogP contribution in [0.2, 0.25) is 0 Å². The molecule has 21 heavy (non-hydrogen) atoms. The number of amides is 1. The van der Waals surface area contributed by atoms with Crippen LogP contribution < -0.4 is 0 Å². The third-order valence-corrected chi connectivity index (χ3v) is 4.95. The van der Waals surface area contributed by atoms with Crippen molar-refractivity contribution in [3.8, 4) is 0 Å². The number of likely N-dealkylation sites (tertiary alicyclic amines) is 1. The van der Waals surface area contributed by atoms with Gasteiger partial charge in [-0.05, 0) is 26.3 Å². The Balaban J connectivity index is 1.95. The molecule has 1 fully saturated rings. The number of β-lactam (4-membered cyclic amide) rings is 1. The molecule has 3 rings (SSSR count). The van der Waals surface area contributed by atoms with E-state index >= 15 is 0 Å². The van der Waals surface area contributed by atoms with E-state index in [2.05, 4.69) is 24.0 Å². The Morgan fingerprint density at radius 2 is 2.05 bits per heavy atom. The lowest BCUT2D eigenvalue weighted by Gasteiger charge is -2.45. The third-order valence-electron chi connectivity index (χ3n) is 3.94. The number of rotatable bonds is 3. The number of allylic oxidation sites excluding steroid dienone is 1. The Labute approximate surface area is 128 Å². The average molecular weight is 298 g/mol. The molecule has 0 saturated carbocycles. The van der Waals surface area contributed by atoms with Crippen LogP contribution in [-0.2, 0) is 4.79 Å². The van der Waals surface area contributed by atoms with Crippen molar-refractivity contribution >= 4 is 17.2 Å². The molecule has 0 spiro atoms. The van der Waals surface area contributed by atoms with Crippen LogP contribution in [0.1, 0.15) is 42.2 Å². The maximum absolute atomic E-state index is 12.4. The van der Waals surface area contributed by atoms with Crippen LogP contribution in [0.25, 0.3) is 0 Å². The molecular weight excluding hydrogens is 280 g/mol. The minimum absolute atomic E-state index is 0.00333. The summed E-state index contributed by atoms with van der Waals surface area (Å²) in [7, 11) is 0. The third kappa shape index (κ3) is 2.29. The average Bonchev–Trinajstić information content (AvgIpc) is 2.91. The summed E-state index contributed by atoms with van der Waals surface area (Å²) in [6.07, 6.45) is 1.91. The zero-order valence-corrected chi connectivity index (χ0v) is 13.2. The van der Waals surface area contributed by atoms with Gasteiger partial charge in [-0.3, -0.25) is 4.79 Å². The Hall–Kier alpha value is -1.94. The number of hydrogen-bond acceptors (Lipinski definition) is 3. The van der Waals surface area contributed by atoms with E-state index < -0.39 is 0 Å². The fourth-order valence-corrected chi connectivity index (χ4v) is 3.70. The van der Waals surface area contributed by atoms with Gasteiger partial charge in [0.05, 0.1) is 6.04 Å². The number of thiazole rings is 1. The number of aromatic nitrogens is 1. The van der Waals surface area contributed by atoms with E-state index in [1.54, 1.807) is 11.3 Å². The summed E-state index contributed by atoms with van der Waals surface area (Å²) < 4.78 is 0. The van der Waals surface area contributed by atoms with E-state index in [4.69, 9.17) is 0 Å². The monoisotopic (exact) mass is 298 g/mol. The van der Waals surface area contributed by atoms with E-state index in [1.807, 2.05) is 48.4 Å². The van der Waals surface area contributed by atoms with Gasteiger partial charge in [-0.1, -0.05) is 36.4 Å². The predicted octanol–water partition coefficient (Wildman–Crippen LogP) is 4.04. The zero-order valence-electron chi connectivity index (χ0n) is 12.4. The van der Waals surface area contributed by atoms with Gasteiger partial charge in [0.15, 0.2) is 0 Å². The largest absolute Gasteiger partial charge is 0.318 e. The van der Waals surface area contributed by atoms with E-state index in [0.717, 1.165) is 21.8 Å². The highest BCUT2D eigenvalue weighted by Crippen LogP contribution is 2.45. The van der Waals surface area contributed by atoms with Gasteiger partial charge < -0.3 is 4.90 Å². The number of aryl methyl sites for hydroxylation is 1. The van der Waals surface area contributed by atoms with Gasteiger partial charge in [0.1, 0.15) is 11.0 Å². The molecule has 0 unspecified atom stereocenters. The lowest BCUT2D eigenvalue weighted by atomic mass is 9.90. The molecule has 2 heterocycles. The number of nitrogens with zero attached hydrogens (tertiary/aromatic N) is 2. The van der Waals surface area contributed by atoms with Crippen molar-refractivity contribution in [2.45, 2.75) is 32.9 Å². The van der Waals surface area contributed by atoms with Crippen LogP contribution in [0.3, 0.4) is 0 Å². The summed E-state index contributed by atoms with van der Waals surface area (Å²) in [5.41, 5.74) is 3.02. The second kappa shape index (κ2) is 5.45. The van der Waals surface area contributed by atoms with Gasteiger partial charge in [-0.2, -0.15) is 0 Å². The molecule has 1 saturated heterocycles. The molecule has 1 amide bonds. The summed E-state index contributed by atoms with van der Waals surface area (Å²) in [6, 6.07) is 10.2. The Morgan fingerprint density at radius 1 is 1.33 bits per heavy atom. The zero-order chi connectivity index (χ0) is 15.0. The Kier molecular flexibility index (Phi) is 3.64. The van der Waals surface area contributed by atoms with Gasteiger partial charge in [-0.15, -0.1) is 11.3 Å². The molecule has 108 valence electrons. The first-order valence-electron chi connectivity index (χ1n) is 7.09. The van der Waals surface area contributed by atoms with Crippen LogP contribution in [-0.4, -0.2) is 15.8 Å². The van der Waals surface area contributed by atoms with Gasteiger partial charge in [0.2, 0.25) is 0 Å². The van der Waals surface area contributed by atoms with Crippen LogP contribution in [0.4, 0.5) is 0 Å².